The van der Waals surface area contributed by atoms with Gasteiger partial charge in [-0.1, -0.05) is 0 Å². The van der Waals surface area contributed by atoms with Crippen molar-refractivity contribution in [1.29, 1.82) is 0 Å². The topological polar surface area (TPSA) is 73.7 Å². The highest BCUT2D eigenvalue weighted by atomic mass is 32.1. The van der Waals surface area contributed by atoms with Crippen LogP contribution in [0.4, 0.5) is 0 Å². The molecule has 3 aromatic rings. The minimum Gasteiger partial charge on any atom is -0.493 e. The lowest BCUT2D eigenvalue weighted by Crippen LogP contribution is -1.98. The predicted molar refractivity (Wildman–Crippen MR) is 105 cm³/mol. The van der Waals surface area contributed by atoms with Gasteiger partial charge in [0, 0.05) is 15.3 Å². The third-order valence-corrected chi connectivity index (χ3v) is 4.83. The number of thiophene rings is 1. The first-order valence-electron chi connectivity index (χ1n) is 7.66. The number of aromatic nitrogens is 3. The monoisotopic (exact) mass is 390 g/mol. The zero-order chi connectivity index (χ0) is 18.7. The van der Waals surface area contributed by atoms with E-state index in [1.165, 1.54) is 4.88 Å². The summed E-state index contributed by atoms with van der Waals surface area (Å²) in [6, 6.07) is 7.65. The molecule has 0 saturated carbocycles. The summed E-state index contributed by atoms with van der Waals surface area (Å²) >= 11 is 6.96. The molecule has 26 heavy (non-hydrogen) atoms. The molecule has 0 saturated heterocycles. The van der Waals surface area contributed by atoms with Gasteiger partial charge in [-0.05, 0) is 43.4 Å². The largest absolute Gasteiger partial charge is 0.493 e. The molecule has 1 aromatic carbocycles. The molecule has 0 aliphatic carbocycles. The second-order valence-electron chi connectivity index (χ2n) is 5.27. The minimum absolute atomic E-state index is 0.387. The number of H-pyrrole nitrogens is 1. The van der Waals surface area contributed by atoms with E-state index < -0.39 is 0 Å². The zero-order valence-corrected chi connectivity index (χ0v) is 16.4. The van der Waals surface area contributed by atoms with Crippen molar-refractivity contribution >= 4 is 29.8 Å². The fourth-order valence-electron chi connectivity index (χ4n) is 2.43. The Bertz CT molecular complexity index is 979. The van der Waals surface area contributed by atoms with Gasteiger partial charge in [-0.25, -0.2) is 5.10 Å². The lowest BCUT2D eigenvalue weighted by Gasteiger charge is -2.13. The average molecular weight is 390 g/mol. The number of aromatic amines is 1. The van der Waals surface area contributed by atoms with Crippen LogP contribution >= 0.6 is 23.6 Å². The number of hydrogen-bond acceptors (Lipinski definition) is 7. The van der Waals surface area contributed by atoms with Gasteiger partial charge in [-0.3, -0.25) is 0 Å². The molecule has 7 nitrogen and oxygen atoms in total. The molecule has 0 radical (unpaired) electrons. The summed E-state index contributed by atoms with van der Waals surface area (Å²) < 4.78 is 18.1. The molecule has 9 heteroatoms. The molecule has 0 atom stereocenters. The van der Waals surface area contributed by atoms with E-state index in [-0.39, 0.29) is 0 Å². The Morgan fingerprint density at radius 1 is 1.15 bits per heavy atom. The van der Waals surface area contributed by atoms with Gasteiger partial charge >= 0.3 is 0 Å². The fraction of sp³-hybridized carbons (Fsp3) is 0.235. The Kier molecular flexibility index (Phi) is 5.38. The molecule has 0 amide bonds. The van der Waals surface area contributed by atoms with Crippen LogP contribution in [-0.4, -0.2) is 42.4 Å². The highest BCUT2D eigenvalue weighted by Crippen LogP contribution is 2.40. The summed E-state index contributed by atoms with van der Waals surface area (Å²) in [6.07, 6.45) is 1.75. The Morgan fingerprint density at radius 3 is 2.38 bits per heavy atom. The first kappa shape index (κ1) is 18.2. The smallest absolute Gasteiger partial charge is 0.216 e. The van der Waals surface area contributed by atoms with E-state index in [4.69, 9.17) is 26.4 Å². The van der Waals surface area contributed by atoms with Crippen LogP contribution in [-0.2, 0) is 0 Å². The lowest BCUT2D eigenvalue weighted by molar-refractivity contribution is 0.324. The van der Waals surface area contributed by atoms with E-state index in [0.29, 0.717) is 27.8 Å². The van der Waals surface area contributed by atoms with Gasteiger partial charge in [0.2, 0.25) is 10.5 Å². The molecule has 3 rings (SSSR count). The summed E-state index contributed by atoms with van der Waals surface area (Å²) in [7, 11) is 4.69. The fourth-order valence-corrected chi connectivity index (χ4v) is 3.36. The van der Waals surface area contributed by atoms with Crippen LogP contribution < -0.4 is 14.2 Å². The number of nitrogens with one attached hydrogen (secondary N) is 1. The van der Waals surface area contributed by atoms with Gasteiger partial charge in [0.05, 0.1) is 27.5 Å². The molecule has 136 valence electrons. The van der Waals surface area contributed by atoms with E-state index >= 15 is 0 Å². The molecular formula is C17H18N4O3S2. The first-order valence-corrected chi connectivity index (χ1v) is 8.88. The van der Waals surface area contributed by atoms with Crippen LogP contribution in [0.5, 0.6) is 17.2 Å². The number of methoxy groups -OCH3 is 3. The van der Waals surface area contributed by atoms with E-state index in [9.17, 15) is 0 Å². The number of nitrogens with zero attached hydrogens (tertiary/aromatic N) is 3. The molecular weight excluding hydrogens is 372 g/mol. The molecule has 2 heterocycles. The van der Waals surface area contributed by atoms with Crippen molar-refractivity contribution in [2.24, 2.45) is 5.10 Å². The lowest BCUT2D eigenvalue weighted by atomic mass is 10.1. The van der Waals surface area contributed by atoms with E-state index in [0.717, 1.165) is 10.4 Å². The highest BCUT2D eigenvalue weighted by Gasteiger charge is 2.17. The van der Waals surface area contributed by atoms with Crippen LogP contribution in [0.25, 0.3) is 11.4 Å². The number of benzene rings is 1. The van der Waals surface area contributed by atoms with Gasteiger partial charge in [0.15, 0.2) is 17.3 Å². The minimum atomic E-state index is 0.387. The van der Waals surface area contributed by atoms with Gasteiger partial charge in [0.1, 0.15) is 0 Å². The van der Waals surface area contributed by atoms with E-state index in [1.54, 1.807) is 55.7 Å². The van der Waals surface area contributed by atoms with Crippen molar-refractivity contribution in [1.82, 2.24) is 14.9 Å². The van der Waals surface area contributed by atoms with Gasteiger partial charge in [-0.15, -0.1) is 11.3 Å². The standard InChI is InChI=1S/C17H18N4O3S2/c1-10-5-6-12(26-10)9-18-21-16(19-20-17(21)25)11-7-13(22-2)15(24-4)14(8-11)23-3/h5-9H,1-4H3,(H,20,25)/b18-9+. The number of aryl methyl sites for hydroxylation is 1. The summed E-state index contributed by atoms with van der Waals surface area (Å²) in [5.41, 5.74) is 0.728. The third kappa shape index (κ3) is 3.49. The van der Waals surface area contributed by atoms with Crippen LogP contribution in [0.15, 0.2) is 29.4 Å². The quantitative estimate of drug-likeness (QED) is 0.511. The maximum Gasteiger partial charge on any atom is 0.216 e. The third-order valence-electron chi connectivity index (χ3n) is 3.63. The second-order valence-corrected chi connectivity index (χ2v) is 6.98. The van der Waals surface area contributed by atoms with Crippen molar-refractivity contribution in [3.63, 3.8) is 0 Å². The maximum absolute atomic E-state index is 5.40. The van der Waals surface area contributed by atoms with E-state index in [2.05, 4.69) is 15.3 Å². The maximum atomic E-state index is 5.40. The summed E-state index contributed by atoms with van der Waals surface area (Å²) in [4.78, 5) is 2.24. The molecule has 0 bridgehead atoms. The van der Waals surface area contributed by atoms with Gasteiger partial charge in [-0.2, -0.15) is 14.9 Å². The Hall–Kier alpha value is -2.65. The number of rotatable bonds is 6. The Morgan fingerprint density at radius 2 is 1.85 bits per heavy atom. The summed E-state index contributed by atoms with van der Waals surface area (Å²) in [5, 5.41) is 11.5. The van der Waals surface area contributed by atoms with Crippen molar-refractivity contribution < 1.29 is 14.2 Å². The Balaban J connectivity index is 2.08. The van der Waals surface area contributed by atoms with Crippen LogP contribution in [0.1, 0.15) is 9.75 Å². The molecule has 1 N–H and O–H groups in total. The average Bonchev–Trinajstić information content (AvgIpc) is 3.23. The van der Waals surface area contributed by atoms with Gasteiger partial charge in [0.25, 0.3) is 0 Å². The molecule has 0 aliphatic heterocycles. The molecule has 2 aromatic heterocycles. The molecule has 0 unspecified atom stereocenters. The van der Waals surface area contributed by atoms with Crippen LogP contribution in [0.2, 0.25) is 0 Å². The van der Waals surface area contributed by atoms with Gasteiger partial charge < -0.3 is 14.2 Å². The highest BCUT2D eigenvalue weighted by molar-refractivity contribution is 7.71. The SMILES string of the molecule is COc1cc(-c2n[nH]c(=S)n2/N=C/c2ccc(C)s2)cc(OC)c1OC. The first-order chi connectivity index (χ1) is 12.6. The molecule has 0 aliphatic rings. The second kappa shape index (κ2) is 7.71. The normalized spacial score (nSPS) is 11.1. The van der Waals surface area contributed by atoms with E-state index in [1.807, 2.05) is 19.1 Å². The van der Waals surface area contributed by atoms with Crippen molar-refractivity contribution in [3.8, 4) is 28.6 Å². The number of hydrogen-bond donors (Lipinski definition) is 1. The van der Waals surface area contributed by atoms with Crippen molar-refractivity contribution in [2.45, 2.75) is 6.92 Å². The Labute approximate surface area is 159 Å². The molecule has 0 fully saturated rings. The van der Waals surface area contributed by atoms with Crippen molar-refractivity contribution in [3.05, 3.63) is 38.8 Å². The predicted octanol–water partition coefficient (Wildman–Crippen LogP) is 3.89. The number of ether oxygens (including phenoxy) is 3. The zero-order valence-electron chi connectivity index (χ0n) is 14.8. The van der Waals surface area contributed by atoms with Crippen LogP contribution in [0.3, 0.4) is 0 Å². The summed E-state index contributed by atoms with van der Waals surface area (Å²) in [6.45, 7) is 2.05. The van der Waals surface area contributed by atoms with Crippen LogP contribution in [0, 0.1) is 11.7 Å². The summed E-state index contributed by atoms with van der Waals surface area (Å²) in [5.74, 6) is 2.11. The molecule has 0 spiro atoms. The van der Waals surface area contributed by atoms with Crippen molar-refractivity contribution in [2.75, 3.05) is 21.3 Å².